The molecule has 5 rings (SSSR count). The zero-order chi connectivity index (χ0) is 26.5. The Morgan fingerprint density at radius 2 is 1.71 bits per heavy atom. The minimum Gasteiger partial charge on any atom is -0.492 e. The van der Waals surface area contributed by atoms with Crippen molar-refractivity contribution in [2.24, 2.45) is 0 Å². The molecule has 0 spiro atoms. The molecule has 1 saturated heterocycles. The Bertz CT molecular complexity index is 1460. The second-order valence-corrected chi connectivity index (χ2v) is 9.96. The van der Waals surface area contributed by atoms with E-state index in [9.17, 15) is 9.59 Å². The molecule has 0 N–H and O–H groups in total. The van der Waals surface area contributed by atoms with Gasteiger partial charge in [-0.05, 0) is 49.1 Å². The van der Waals surface area contributed by atoms with Gasteiger partial charge < -0.3 is 14.0 Å². The number of hydrogen-bond donors (Lipinski definition) is 0. The van der Waals surface area contributed by atoms with Gasteiger partial charge in [-0.25, -0.2) is 4.98 Å². The third-order valence-corrected chi connectivity index (χ3v) is 7.48. The first-order chi connectivity index (χ1) is 18.6. The summed E-state index contributed by atoms with van der Waals surface area (Å²) in [5, 5.41) is 1.32. The molecule has 1 aliphatic rings. The predicted octanol–water partition coefficient (Wildman–Crippen LogP) is 3.93. The third kappa shape index (κ3) is 5.70. The molecule has 0 aliphatic carbocycles. The average molecular weight is 533 g/mol. The van der Waals surface area contributed by atoms with Crippen LogP contribution < -0.4 is 10.3 Å². The zero-order valence-corrected chi connectivity index (χ0v) is 22.6. The molecule has 4 aromatic rings. The third-order valence-electron chi connectivity index (χ3n) is 6.81. The first-order valence-corrected chi connectivity index (χ1v) is 14.1. The standard InChI is InChI=1S/C29H32N4O4S/c1-3-33-28(35)25-12-13-32(27(25)30-29(33)38-2)20-21-4-6-22(7-5-21)26(34)23-8-10-24(11-9-23)37-19-16-31-14-17-36-18-15-31/h4-13H,3,14-20H2,1-2H3. The van der Waals surface area contributed by atoms with Gasteiger partial charge in [-0.1, -0.05) is 36.0 Å². The van der Waals surface area contributed by atoms with Crippen molar-refractivity contribution < 1.29 is 14.3 Å². The van der Waals surface area contributed by atoms with Crippen LogP contribution in [0.25, 0.3) is 11.0 Å². The van der Waals surface area contributed by atoms with E-state index in [1.807, 2.05) is 78.5 Å². The lowest BCUT2D eigenvalue weighted by atomic mass is 10.0. The predicted molar refractivity (Wildman–Crippen MR) is 150 cm³/mol. The number of carbonyl (C=O) groups is 1. The van der Waals surface area contributed by atoms with E-state index in [1.165, 1.54) is 11.8 Å². The van der Waals surface area contributed by atoms with Gasteiger partial charge in [0, 0.05) is 50.0 Å². The molecule has 1 aliphatic heterocycles. The van der Waals surface area contributed by atoms with Crippen LogP contribution in [0.3, 0.4) is 0 Å². The molecule has 0 radical (unpaired) electrons. The van der Waals surface area contributed by atoms with Gasteiger partial charge in [-0.2, -0.15) is 0 Å². The van der Waals surface area contributed by atoms with Gasteiger partial charge in [0.05, 0.1) is 18.6 Å². The number of thioether (sulfide) groups is 1. The maximum atomic E-state index is 13.0. The van der Waals surface area contributed by atoms with E-state index in [1.54, 1.807) is 4.57 Å². The SMILES string of the molecule is CCn1c(SC)nc2c(ccn2Cc2ccc(C(=O)c3ccc(OCCN4CCOCC4)cc3)cc2)c1=O. The van der Waals surface area contributed by atoms with Crippen LogP contribution in [0.2, 0.25) is 0 Å². The van der Waals surface area contributed by atoms with E-state index < -0.39 is 0 Å². The van der Waals surface area contributed by atoms with Crippen LogP contribution in [0.1, 0.15) is 28.4 Å². The van der Waals surface area contributed by atoms with Crippen LogP contribution in [-0.2, 0) is 17.8 Å². The highest BCUT2D eigenvalue weighted by molar-refractivity contribution is 7.98. The number of hydrogen-bond acceptors (Lipinski definition) is 7. The second-order valence-electron chi connectivity index (χ2n) is 9.18. The summed E-state index contributed by atoms with van der Waals surface area (Å²) in [6.07, 6.45) is 3.82. The largest absolute Gasteiger partial charge is 0.492 e. The Kier molecular flexibility index (Phi) is 8.26. The smallest absolute Gasteiger partial charge is 0.263 e. The molecule has 198 valence electrons. The number of benzene rings is 2. The van der Waals surface area contributed by atoms with Crippen LogP contribution in [0, 0.1) is 0 Å². The number of fused-ring (bicyclic) bond motifs is 1. The molecule has 38 heavy (non-hydrogen) atoms. The molecule has 1 fully saturated rings. The van der Waals surface area contributed by atoms with Crippen LogP contribution in [0.4, 0.5) is 0 Å². The molecular weight excluding hydrogens is 500 g/mol. The first-order valence-electron chi connectivity index (χ1n) is 12.9. The van der Waals surface area contributed by atoms with E-state index in [4.69, 9.17) is 14.5 Å². The number of aromatic nitrogens is 3. The van der Waals surface area contributed by atoms with Crippen molar-refractivity contribution in [3.05, 3.63) is 87.8 Å². The first kappa shape index (κ1) is 26.2. The monoisotopic (exact) mass is 532 g/mol. The molecule has 0 amide bonds. The minimum absolute atomic E-state index is 0.0185. The van der Waals surface area contributed by atoms with Crippen LogP contribution in [0.15, 0.2) is 70.7 Å². The zero-order valence-electron chi connectivity index (χ0n) is 21.8. The Balaban J connectivity index is 1.22. The number of ether oxygens (including phenoxy) is 2. The molecule has 0 bridgehead atoms. The molecule has 0 atom stereocenters. The fraction of sp³-hybridized carbons (Fsp3) is 0.345. The average Bonchev–Trinajstić information content (AvgIpc) is 3.36. The molecule has 0 saturated carbocycles. The molecule has 2 aromatic carbocycles. The van der Waals surface area contributed by atoms with Gasteiger partial charge in [0.2, 0.25) is 0 Å². The quantitative estimate of drug-likeness (QED) is 0.174. The highest BCUT2D eigenvalue weighted by atomic mass is 32.2. The van der Waals surface area contributed by atoms with Crippen molar-refractivity contribution in [1.29, 1.82) is 0 Å². The summed E-state index contributed by atoms with van der Waals surface area (Å²) >= 11 is 1.47. The fourth-order valence-corrected chi connectivity index (χ4v) is 5.26. The minimum atomic E-state index is -0.0331. The van der Waals surface area contributed by atoms with E-state index in [2.05, 4.69) is 4.90 Å². The number of rotatable bonds is 10. The van der Waals surface area contributed by atoms with Crippen LogP contribution in [-0.4, -0.2) is 70.5 Å². The van der Waals surface area contributed by atoms with Crippen molar-refractivity contribution in [3.8, 4) is 5.75 Å². The topological polar surface area (TPSA) is 78.6 Å². The van der Waals surface area contributed by atoms with Gasteiger partial charge in [-0.3, -0.25) is 19.1 Å². The van der Waals surface area contributed by atoms with Gasteiger partial charge in [0.15, 0.2) is 10.9 Å². The molecule has 2 aromatic heterocycles. The van der Waals surface area contributed by atoms with E-state index >= 15 is 0 Å². The lowest BCUT2D eigenvalue weighted by molar-refractivity contribution is 0.0322. The summed E-state index contributed by atoms with van der Waals surface area (Å²) in [7, 11) is 0. The van der Waals surface area contributed by atoms with Crippen molar-refractivity contribution in [1.82, 2.24) is 19.0 Å². The number of carbonyl (C=O) groups excluding carboxylic acids is 1. The van der Waals surface area contributed by atoms with Crippen molar-refractivity contribution >= 4 is 28.6 Å². The Labute approximate surface area is 226 Å². The van der Waals surface area contributed by atoms with Crippen molar-refractivity contribution in [2.75, 3.05) is 45.7 Å². The Morgan fingerprint density at radius 1 is 1.03 bits per heavy atom. The van der Waals surface area contributed by atoms with Crippen LogP contribution in [0.5, 0.6) is 5.75 Å². The van der Waals surface area contributed by atoms with Gasteiger partial charge in [0.25, 0.3) is 5.56 Å². The van der Waals surface area contributed by atoms with Gasteiger partial charge in [0.1, 0.15) is 18.0 Å². The lowest BCUT2D eigenvalue weighted by Gasteiger charge is -2.26. The number of ketones is 1. The van der Waals surface area contributed by atoms with Crippen molar-refractivity contribution in [2.45, 2.75) is 25.2 Å². The normalized spacial score (nSPS) is 14.2. The summed E-state index contributed by atoms with van der Waals surface area (Å²) in [5.41, 5.74) is 2.93. The van der Waals surface area contributed by atoms with Gasteiger partial charge in [-0.15, -0.1) is 0 Å². The number of nitrogens with zero attached hydrogens (tertiary/aromatic N) is 4. The molecule has 9 heteroatoms. The second kappa shape index (κ2) is 12.0. The summed E-state index contributed by atoms with van der Waals surface area (Å²) < 4.78 is 14.9. The molecule has 0 unspecified atom stereocenters. The summed E-state index contributed by atoms with van der Waals surface area (Å²) in [5.74, 6) is 0.724. The highest BCUT2D eigenvalue weighted by Gasteiger charge is 2.14. The van der Waals surface area contributed by atoms with E-state index in [0.29, 0.717) is 47.0 Å². The van der Waals surface area contributed by atoms with E-state index in [-0.39, 0.29) is 11.3 Å². The number of morpholine rings is 1. The summed E-state index contributed by atoms with van der Waals surface area (Å²) in [4.78, 5) is 32.9. The fourth-order valence-electron chi connectivity index (χ4n) is 4.65. The maximum Gasteiger partial charge on any atom is 0.263 e. The molecule has 3 heterocycles. The Morgan fingerprint density at radius 3 is 2.37 bits per heavy atom. The molecule has 8 nitrogen and oxygen atoms in total. The lowest BCUT2D eigenvalue weighted by Crippen LogP contribution is -2.38. The molecular formula is C29H32N4O4S. The van der Waals surface area contributed by atoms with Crippen LogP contribution >= 0.6 is 11.8 Å². The Hall–Kier alpha value is -3.40. The van der Waals surface area contributed by atoms with Crippen molar-refractivity contribution in [3.63, 3.8) is 0 Å². The summed E-state index contributed by atoms with van der Waals surface area (Å²) in [6.45, 7) is 7.99. The van der Waals surface area contributed by atoms with Gasteiger partial charge >= 0.3 is 0 Å². The van der Waals surface area contributed by atoms with E-state index in [0.717, 1.165) is 44.2 Å². The highest BCUT2D eigenvalue weighted by Crippen LogP contribution is 2.19. The summed E-state index contributed by atoms with van der Waals surface area (Å²) in [6, 6.07) is 16.7. The maximum absolute atomic E-state index is 13.0.